The first-order chi connectivity index (χ1) is 9.95. The molecule has 1 aliphatic rings. The number of nitrogens with one attached hydrogen (secondary N) is 2. The van der Waals surface area contributed by atoms with Crippen molar-refractivity contribution in [3.05, 3.63) is 28.8 Å². The highest BCUT2D eigenvalue weighted by molar-refractivity contribution is 6.32. The molecule has 0 bridgehead atoms. The van der Waals surface area contributed by atoms with E-state index in [4.69, 9.17) is 22.1 Å². The fourth-order valence-electron chi connectivity index (χ4n) is 1.77. The molecule has 1 saturated carbocycles. The number of rotatable bonds is 6. The molecule has 0 saturated heterocycles. The molecule has 1 aromatic rings. The van der Waals surface area contributed by atoms with Crippen molar-refractivity contribution in [2.24, 2.45) is 5.73 Å². The number of hydrogen-bond acceptors (Lipinski definition) is 4. The highest BCUT2D eigenvalue weighted by Crippen LogP contribution is 2.27. The van der Waals surface area contributed by atoms with Crippen molar-refractivity contribution < 1.29 is 14.3 Å². The van der Waals surface area contributed by atoms with Crippen molar-refractivity contribution in [3.63, 3.8) is 0 Å². The molecule has 0 aliphatic heterocycles. The fourth-order valence-corrected chi connectivity index (χ4v) is 2.01. The number of carbonyl (C=O) groups is 2. The van der Waals surface area contributed by atoms with Crippen LogP contribution >= 0.6 is 11.6 Å². The molecule has 6 nitrogen and oxygen atoms in total. The standard InChI is InChI=1S/C14H18ClN3O3/c1-8(13(19)18-14(16)20)21-12-5-2-9(6-11(12)15)7-17-10-3-4-10/h2,5-6,8,10,17H,3-4,7H2,1H3,(H3,16,18,19,20). The van der Waals surface area contributed by atoms with E-state index in [9.17, 15) is 9.59 Å². The molecule has 1 fully saturated rings. The summed E-state index contributed by atoms with van der Waals surface area (Å²) in [4.78, 5) is 22.1. The zero-order valence-corrected chi connectivity index (χ0v) is 12.4. The molecule has 3 amide bonds. The second-order valence-electron chi connectivity index (χ2n) is 5.03. The number of ether oxygens (including phenoxy) is 1. The Labute approximate surface area is 128 Å². The number of carbonyl (C=O) groups excluding carboxylic acids is 2. The summed E-state index contributed by atoms with van der Waals surface area (Å²) in [6.45, 7) is 2.26. The number of hydrogen-bond donors (Lipinski definition) is 3. The number of halogens is 1. The highest BCUT2D eigenvalue weighted by atomic mass is 35.5. The van der Waals surface area contributed by atoms with Gasteiger partial charge < -0.3 is 15.8 Å². The van der Waals surface area contributed by atoms with E-state index in [2.05, 4.69) is 5.32 Å². The van der Waals surface area contributed by atoms with Crippen molar-refractivity contribution in [2.75, 3.05) is 0 Å². The number of benzene rings is 1. The molecule has 1 unspecified atom stereocenters. The highest BCUT2D eigenvalue weighted by Gasteiger charge is 2.20. The van der Waals surface area contributed by atoms with Crippen LogP contribution in [-0.4, -0.2) is 24.1 Å². The predicted octanol–water partition coefficient (Wildman–Crippen LogP) is 1.55. The number of primary amides is 1. The molecule has 1 aliphatic carbocycles. The van der Waals surface area contributed by atoms with E-state index in [1.54, 1.807) is 12.1 Å². The SMILES string of the molecule is CC(Oc1ccc(CNC2CC2)cc1Cl)C(=O)NC(N)=O. The summed E-state index contributed by atoms with van der Waals surface area (Å²) >= 11 is 6.14. The van der Waals surface area contributed by atoms with Crippen molar-refractivity contribution in [3.8, 4) is 5.75 Å². The van der Waals surface area contributed by atoms with E-state index in [0.29, 0.717) is 16.8 Å². The fraction of sp³-hybridized carbons (Fsp3) is 0.429. The summed E-state index contributed by atoms with van der Waals surface area (Å²) in [5.41, 5.74) is 5.93. The van der Waals surface area contributed by atoms with Gasteiger partial charge in [-0.25, -0.2) is 4.79 Å². The van der Waals surface area contributed by atoms with Gasteiger partial charge in [0.05, 0.1) is 5.02 Å². The quantitative estimate of drug-likeness (QED) is 0.743. The maximum absolute atomic E-state index is 11.5. The van der Waals surface area contributed by atoms with Crippen LogP contribution in [0, 0.1) is 0 Å². The zero-order valence-electron chi connectivity index (χ0n) is 11.7. The second kappa shape index (κ2) is 6.78. The average molecular weight is 312 g/mol. The normalized spacial score (nSPS) is 15.3. The van der Waals surface area contributed by atoms with E-state index >= 15 is 0 Å². The Hall–Kier alpha value is -1.79. The molecule has 0 heterocycles. The first kappa shape index (κ1) is 15.6. The molecule has 1 aromatic carbocycles. The molecular formula is C14H18ClN3O3. The van der Waals surface area contributed by atoms with Crippen LogP contribution in [-0.2, 0) is 11.3 Å². The molecule has 114 valence electrons. The minimum Gasteiger partial charge on any atom is -0.479 e. The first-order valence-corrected chi connectivity index (χ1v) is 7.12. The minimum absolute atomic E-state index is 0.388. The van der Waals surface area contributed by atoms with Gasteiger partial charge in [0.1, 0.15) is 5.75 Å². The van der Waals surface area contributed by atoms with Gasteiger partial charge in [-0.05, 0) is 37.5 Å². The third kappa shape index (κ3) is 4.91. The van der Waals surface area contributed by atoms with Crippen LogP contribution in [0.4, 0.5) is 4.79 Å². The van der Waals surface area contributed by atoms with Gasteiger partial charge in [0.25, 0.3) is 5.91 Å². The van der Waals surface area contributed by atoms with E-state index in [0.717, 1.165) is 12.1 Å². The topological polar surface area (TPSA) is 93.4 Å². The molecule has 0 spiro atoms. The first-order valence-electron chi connectivity index (χ1n) is 6.74. The summed E-state index contributed by atoms with van der Waals surface area (Å²) < 4.78 is 5.43. The number of urea groups is 1. The molecule has 21 heavy (non-hydrogen) atoms. The summed E-state index contributed by atoms with van der Waals surface area (Å²) in [6, 6.07) is 5.10. The Kier molecular flexibility index (Phi) is 5.03. The maximum Gasteiger partial charge on any atom is 0.318 e. The third-order valence-electron chi connectivity index (χ3n) is 3.09. The van der Waals surface area contributed by atoms with Gasteiger partial charge in [-0.15, -0.1) is 0 Å². The van der Waals surface area contributed by atoms with Gasteiger partial charge in [0.2, 0.25) is 0 Å². The summed E-state index contributed by atoms with van der Waals surface area (Å²) in [5.74, 6) is -0.225. The Morgan fingerprint density at radius 2 is 2.19 bits per heavy atom. The predicted molar refractivity (Wildman–Crippen MR) is 79.1 cm³/mol. The Bertz CT molecular complexity index is 546. The largest absolute Gasteiger partial charge is 0.479 e. The number of imide groups is 1. The zero-order chi connectivity index (χ0) is 15.4. The van der Waals surface area contributed by atoms with Crippen LogP contribution in [0.25, 0.3) is 0 Å². The van der Waals surface area contributed by atoms with Crippen molar-refractivity contribution in [2.45, 2.75) is 38.5 Å². The van der Waals surface area contributed by atoms with Crippen LogP contribution in [0.15, 0.2) is 18.2 Å². The average Bonchev–Trinajstić information content (AvgIpc) is 3.22. The van der Waals surface area contributed by atoms with Gasteiger partial charge >= 0.3 is 6.03 Å². The van der Waals surface area contributed by atoms with Crippen LogP contribution in [0.5, 0.6) is 5.75 Å². The number of amides is 3. The van der Waals surface area contributed by atoms with Gasteiger partial charge in [-0.2, -0.15) is 0 Å². The monoisotopic (exact) mass is 311 g/mol. The van der Waals surface area contributed by atoms with E-state index in [1.165, 1.54) is 19.8 Å². The Balaban J connectivity index is 1.92. The summed E-state index contributed by atoms with van der Waals surface area (Å²) in [6.07, 6.45) is 1.58. The molecule has 2 rings (SSSR count). The Morgan fingerprint density at radius 1 is 1.48 bits per heavy atom. The van der Waals surface area contributed by atoms with Crippen LogP contribution in [0.2, 0.25) is 5.02 Å². The lowest BCUT2D eigenvalue weighted by Crippen LogP contribution is -2.42. The lowest BCUT2D eigenvalue weighted by molar-refractivity contribution is -0.126. The lowest BCUT2D eigenvalue weighted by Gasteiger charge is -2.15. The lowest BCUT2D eigenvalue weighted by atomic mass is 10.2. The van der Waals surface area contributed by atoms with E-state index < -0.39 is 18.0 Å². The molecule has 0 radical (unpaired) electrons. The van der Waals surface area contributed by atoms with Crippen molar-refractivity contribution in [1.29, 1.82) is 0 Å². The summed E-state index contributed by atoms with van der Waals surface area (Å²) in [7, 11) is 0. The molecule has 1 atom stereocenters. The summed E-state index contributed by atoms with van der Waals surface area (Å²) in [5, 5.41) is 5.76. The van der Waals surface area contributed by atoms with Gasteiger partial charge in [-0.3, -0.25) is 10.1 Å². The van der Waals surface area contributed by atoms with E-state index in [-0.39, 0.29) is 0 Å². The van der Waals surface area contributed by atoms with Gasteiger partial charge in [-0.1, -0.05) is 17.7 Å². The smallest absolute Gasteiger partial charge is 0.318 e. The minimum atomic E-state index is -0.914. The molecule has 4 N–H and O–H groups in total. The maximum atomic E-state index is 11.5. The Morgan fingerprint density at radius 3 is 2.76 bits per heavy atom. The van der Waals surface area contributed by atoms with Crippen molar-refractivity contribution >= 4 is 23.5 Å². The molecule has 0 aromatic heterocycles. The molecular weight excluding hydrogens is 294 g/mol. The van der Waals surface area contributed by atoms with Crippen LogP contribution in [0.1, 0.15) is 25.3 Å². The van der Waals surface area contributed by atoms with E-state index in [1.807, 2.05) is 11.4 Å². The third-order valence-corrected chi connectivity index (χ3v) is 3.38. The van der Waals surface area contributed by atoms with Crippen LogP contribution in [0.3, 0.4) is 0 Å². The number of nitrogens with two attached hydrogens (primary N) is 1. The van der Waals surface area contributed by atoms with Crippen LogP contribution < -0.4 is 21.1 Å². The van der Waals surface area contributed by atoms with Gasteiger partial charge in [0, 0.05) is 12.6 Å². The van der Waals surface area contributed by atoms with Crippen molar-refractivity contribution in [1.82, 2.24) is 10.6 Å². The van der Waals surface area contributed by atoms with Gasteiger partial charge in [0.15, 0.2) is 6.10 Å². The molecule has 7 heteroatoms. The second-order valence-corrected chi connectivity index (χ2v) is 5.44.